The van der Waals surface area contributed by atoms with Crippen LogP contribution in [0, 0.1) is 5.82 Å². The predicted octanol–water partition coefficient (Wildman–Crippen LogP) is 1.40. The molecule has 1 heterocycles. The first kappa shape index (κ1) is 9.92. The van der Waals surface area contributed by atoms with Crippen molar-refractivity contribution in [2.75, 3.05) is 0 Å². The molecule has 0 radical (unpaired) electrons. The van der Waals surface area contributed by atoms with Gasteiger partial charge in [-0.05, 0) is 17.7 Å². The Labute approximate surface area is 86.6 Å². The van der Waals surface area contributed by atoms with Crippen LogP contribution in [0.3, 0.4) is 0 Å². The normalized spacial score (nSPS) is 18.5. The van der Waals surface area contributed by atoms with Crippen molar-refractivity contribution in [2.45, 2.75) is 0 Å². The molecule has 1 aromatic rings. The zero-order valence-corrected chi connectivity index (χ0v) is 8.46. The van der Waals surface area contributed by atoms with Gasteiger partial charge in [-0.1, -0.05) is 12.1 Å². The minimum absolute atomic E-state index is 0.139. The van der Waals surface area contributed by atoms with Crippen LogP contribution in [0.1, 0.15) is 5.56 Å². The number of allylic oxidation sites excluding steroid dienone is 1. The van der Waals surface area contributed by atoms with Gasteiger partial charge >= 0.3 is 0 Å². The fourth-order valence-corrected chi connectivity index (χ4v) is 2.55. The predicted molar refractivity (Wildman–Crippen MR) is 55.6 cm³/mol. The van der Waals surface area contributed by atoms with Crippen molar-refractivity contribution >= 4 is 15.4 Å². The summed E-state index contributed by atoms with van der Waals surface area (Å²) in [5, 5.41) is 2.00. The lowest BCUT2D eigenvalue weighted by Gasteiger charge is -2.02. The van der Waals surface area contributed by atoms with E-state index in [1.807, 2.05) is 0 Å². The second kappa shape index (κ2) is 3.20. The molecule has 2 N–H and O–H groups in total. The van der Waals surface area contributed by atoms with Crippen molar-refractivity contribution in [2.24, 2.45) is 5.73 Å². The monoisotopic (exact) mass is 225 g/mol. The lowest BCUT2D eigenvalue weighted by atomic mass is 10.1. The first-order valence-corrected chi connectivity index (χ1v) is 5.79. The minimum atomic E-state index is -3.38. The second-order valence-electron chi connectivity index (χ2n) is 3.20. The summed E-state index contributed by atoms with van der Waals surface area (Å²) >= 11 is 0. The topological polar surface area (TPSA) is 60.2 Å². The number of halogens is 1. The Morgan fingerprint density at radius 3 is 2.47 bits per heavy atom. The standard InChI is InChI=1S/C10H8FNO2S/c11-8-3-1-2-7(4-8)9-5-15(13,14)6-10(9)12/h1-6H,12H2. The smallest absolute Gasteiger partial charge is 0.195 e. The van der Waals surface area contributed by atoms with E-state index in [-0.39, 0.29) is 5.70 Å². The Bertz CT molecular complexity index is 573. The number of benzene rings is 1. The Kier molecular flexibility index (Phi) is 2.12. The Morgan fingerprint density at radius 1 is 1.20 bits per heavy atom. The number of hydrogen-bond donors (Lipinski definition) is 1. The van der Waals surface area contributed by atoms with E-state index in [9.17, 15) is 12.8 Å². The second-order valence-corrected chi connectivity index (χ2v) is 4.85. The molecule has 3 nitrogen and oxygen atoms in total. The van der Waals surface area contributed by atoms with Gasteiger partial charge in [0.25, 0.3) is 0 Å². The molecule has 0 unspecified atom stereocenters. The average molecular weight is 225 g/mol. The maximum Gasteiger partial charge on any atom is 0.195 e. The summed E-state index contributed by atoms with van der Waals surface area (Å²) in [5.74, 6) is -0.425. The molecule has 0 atom stereocenters. The van der Waals surface area contributed by atoms with Crippen molar-refractivity contribution in [3.8, 4) is 0 Å². The largest absolute Gasteiger partial charge is 0.398 e. The summed E-state index contributed by atoms with van der Waals surface area (Å²) in [6.07, 6.45) is 0. The van der Waals surface area contributed by atoms with Crippen LogP contribution in [0.4, 0.5) is 4.39 Å². The number of rotatable bonds is 1. The number of hydrogen-bond acceptors (Lipinski definition) is 3. The van der Waals surface area contributed by atoms with Gasteiger partial charge in [-0.3, -0.25) is 0 Å². The highest BCUT2D eigenvalue weighted by molar-refractivity contribution is 7.97. The SMILES string of the molecule is NC1=CS(=O)(=O)C=C1c1cccc(F)c1. The molecule has 0 fully saturated rings. The first-order valence-electron chi connectivity index (χ1n) is 4.18. The molecule has 1 aromatic carbocycles. The van der Waals surface area contributed by atoms with Crippen molar-refractivity contribution in [3.05, 3.63) is 52.2 Å². The molecule has 1 aliphatic heterocycles. The Hall–Kier alpha value is -1.62. The van der Waals surface area contributed by atoms with Crippen LogP contribution in [-0.2, 0) is 9.84 Å². The Balaban J connectivity index is 2.56. The lowest BCUT2D eigenvalue weighted by molar-refractivity contribution is 0.613. The van der Waals surface area contributed by atoms with Gasteiger partial charge in [0, 0.05) is 11.0 Å². The van der Waals surface area contributed by atoms with Gasteiger partial charge in [-0.15, -0.1) is 0 Å². The van der Waals surface area contributed by atoms with Crippen molar-refractivity contribution < 1.29 is 12.8 Å². The van der Waals surface area contributed by atoms with Gasteiger partial charge in [-0.25, -0.2) is 12.8 Å². The van der Waals surface area contributed by atoms with E-state index in [2.05, 4.69) is 0 Å². The van der Waals surface area contributed by atoms with Crippen molar-refractivity contribution in [3.63, 3.8) is 0 Å². The molecule has 2 rings (SSSR count). The molecule has 0 aliphatic carbocycles. The van der Waals surface area contributed by atoms with E-state index in [4.69, 9.17) is 5.73 Å². The summed E-state index contributed by atoms with van der Waals surface area (Å²) in [5.41, 5.74) is 6.47. The summed E-state index contributed by atoms with van der Waals surface area (Å²) < 4.78 is 35.3. The molecule has 0 aromatic heterocycles. The molecule has 0 bridgehead atoms. The molecular formula is C10H8FNO2S. The summed E-state index contributed by atoms with van der Waals surface area (Å²) in [7, 11) is -3.38. The third kappa shape index (κ3) is 1.92. The van der Waals surface area contributed by atoms with E-state index in [0.29, 0.717) is 11.1 Å². The van der Waals surface area contributed by atoms with Crippen LogP contribution in [0.15, 0.2) is 40.8 Å². The fourth-order valence-electron chi connectivity index (χ4n) is 1.40. The van der Waals surface area contributed by atoms with Gasteiger partial charge in [0.2, 0.25) is 0 Å². The van der Waals surface area contributed by atoms with Crippen LogP contribution in [-0.4, -0.2) is 8.42 Å². The van der Waals surface area contributed by atoms with Crippen LogP contribution < -0.4 is 5.73 Å². The quantitative estimate of drug-likeness (QED) is 0.785. The highest BCUT2D eigenvalue weighted by Crippen LogP contribution is 2.27. The van der Waals surface area contributed by atoms with E-state index in [1.54, 1.807) is 6.07 Å². The third-order valence-electron chi connectivity index (χ3n) is 2.02. The first-order chi connectivity index (χ1) is 6.98. The molecule has 15 heavy (non-hydrogen) atoms. The molecule has 0 spiro atoms. The fraction of sp³-hybridized carbons (Fsp3) is 0. The lowest BCUT2D eigenvalue weighted by Crippen LogP contribution is -1.97. The van der Waals surface area contributed by atoms with Crippen LogP contribution in [0.2, 0.25) is 0 Å². The average Bonchev–Trinajstić information content (AvgIpc) is 2.40. The van der Waals surface area contributed by atoms with Gasteiger partial charge in [0.15, 0.2) is 9.84 Å². The van der Waals surface area contributed by atoms with Gasteiger partial charge in [0.1, 0.15) is 5.82 Å². The minimum Gasteiger partial charge on any atom is -0.398 e. The van der Waals surface area contributed by atoms with E-state index in [1.165, 1.54) is 18.2 Å². The maximum absolute atomic E-state index is 12.9. The van der Waals surface area contributed by atoms with E-state index >= 15 is 0 Å². The van der Waals surface area contributed by atoms with Crippen molar-refractivity contribution in [1.29, 1.82) is 0 Å². The number of sulfone groups is 1. The van der Waals surface area contributed by atoms with Gasteiger partial charge < -0.3 is 5.73 Å². The van der Waals surface area contributed by atoms with E-state index < -0.39 is 15.7 Å². The van der Waals surface area contributed by atoms with Crippen molar-refractivity contribution in [1.82, 2.24) is 0 Å². The number of nitrogens with two attached hydrogens (primary N) is 1. The molecule has 0 saturated carbocycles. The molecule has 78 valence electrons. The molecule has 0 amide bonds. The molecule has 5 heteroatoms. The summed E-state index contributed by atoms with van der Waals surface area (Å²) in [4.78, 5) is 0. The Morgan fingerprint density at radius 2 is 1.93 bits per heavy atom. The van der Waals surface area contributed by atoms with E-state index in [0.717, 1.165) is 10.8 Å². The molecule has 1 aliphatic rings. The summed E-state index contributed by atoms with van der Waals surface area (Å²) in [6.45, 7) is 0. The van der Waals surface area contributed by atoms with Gasteiger partial charge in [-0.2, -0.15) is 0 Å². The van der Waals surface area contributed by atoms with Crippen LogP contribution in [0.25, 0.3) is 5.57 Å². The zero-order valence-electron chi connectivity index (χ0n) is 7.64. The molecular weight excluding hydrogens is 217 g/mol. The van der Waals surface area contributed by atoms with Gasteiger partial charge in [0.05, 0.1) is 11.1 Å². The highest BCUT2D eigenvalue weighted by Gasteiger charge is 2.19. The zero-order chi connectivity index (χ0) is 11.1. The summed E-state index contributed by atoms with van der Waals surface area (Å²) in [6, 6.07) is 5.64. The highest BCUT2D eigenvalue weighted by atomic mass is 32.2. The molecule has 0 saturated heterocycles. The van der Waals surface area contributed by atoms with Crippen LogP contribution >= 0.6 is 0 Å². The third-order valence-corrected chi connectivity index (χ3v) is 3.17. The van der Waals surface area contributed by atoms with Crippen LogP contribution in [0.5, 0.6) is 0 Å². The maximum atomic E-state index is 12.9.